The van der Waals surface area contributed by atoms with Gasteiger partial charge in [0.25, 0.3) is 0 Å². The molecule has 0 radical (unpaired) electrons. The maximum Gasteiger partial charge on any atom is 0.316 e. The number of benzene rings is 1. The van der Waals surface area contributed by atoms with Crippen LogP contribution in [0.3, 0.4) is 0 Å². The summed E-state index contributed by atoms with van der Waals surface area (Å²) in [6, 6.07) is 9.73. The van der Waals surface area contributed by atoms with E-state index in [4.69, 9.17) is 0 Å². The van der Waals surface area contributed by atoms with Gasteiger partial charge < -0.3 is 5.11 Å². The summed E-state index contributed by atoms with van der Waals surface area (Å²) in [4.78, 5) is 15.6. The molecule has 19 heavy (non-hydrogen) atoms. The Kier molecular flexibility index (Phi) is 4.99. The van der Waals surface area contributed by atoms with Crippen molar-refractivity contribution >= 4 is 29.1 Å². The van der Waals surface area contributed by atoms with Gasteiger partial charge in [-0.25, -0.2) is 4.98 Å². The summed E-state index contributed by atoms with van der Waals surface area (Å²) in [5, 5.41) is 11.9. The number of carbonyl (C=O) groups is 1. The first-order valence-corrected chi connectivity index (χ1v) is 7.87. The van der Waals surface area contributed by atoms with E-state index in [-0.39, 0.29) is 0 Å². The highest BCUT2D eigenvalue weighted by Gasteiger charge is 2.19. The molecule has 1 unspecified atom stereocenters. The average molecular weight is 293 g/mol. The average Bonchev–Trinajstić information content (AvgIpc) is 2.81. The zero-order chi connectivity index (χ0) is 13.7. The van der Waals surface area contributed by atoms with Crippen LogP contribution < -0.4 is 0 Å². The molecule has 0 aliphatic rings. The summed E-state index contributed by atoms with van der Waals surface area (Å²) in [6.07, 6.45) is 0.546. The van der Waals surface area contributed by atoms with Crippen LogP contribution in [0.25, 0.3) is 0 Å². The standard InChI is InChI=1S/C14H15NO2S2/c1-10-15-12(8-18-10)9-19-13(14(16)17)7-11-5-3-2-4-6-11/h2-6,8,13H,7,9H2,1H3,(H,16,17). The number of hydrogen-bond donors (Lipinski definition) is 1. The van der Waals surface area contributed by atoms with E-state index in [9.17, 15) is 9.90 Å². The van der Waals surface area contributed by atoms with Crippen molar-refractivity contribution in [1.82, 2.24) is 4.98 Å². The number of aliphatic carboxylic acids is 1. The first kappa shape index (κ1) is 14.1. The van der Waals surface area contributed by atoms with Gasteiger partial charge in [-0.15, -0.1) is 23.1 Å². The number of rotatable bonds is 6. The van der Waals surface area contributed by atoms with Crippen LogP contribution in [-0.2, 0) is 17.0 Å². The second-order valence-corrected chi connectivity index (χ2v) is 6.44. The third-order valence-corrected chi connectivity index (χ3v) is 4.69. The van der Waals surface area contributed by atoms with Gasteiger partial charge in [-0.05, 0) is 18.9 Å². The van der Waals surface area contributed by atoms with Gasteiger partial charge in [0.15, 0.2) is 0 Å². The molecule has 5 heteroatoms. The maximum absolute atomic E-state index is 11.3. The van der Waals surface area contributed by atoms with E-state index in [0.717, 1.165) is 16.3 Å². The fourth-order valence-corrected chi connectivity index (χ4v) is 3.40. The molecule has 2 aromatic rings. The van der Waals surface area contributed by atoms with Crippen molar-refractivity contribution in [3.8, 4) is 0 Å². The van der Waals surface area contributed by atoms with Crippen LogP contribution in [0.15, 0.2) is 35.7 Å². The van der Waals surface area contributed by atoms with Crippen molar-refractivity contribution in [3.05, 3.63) is 52.0 Å². The summed E-state index contributed by atoms with van der Waals surface area (Å²) in [6.45, 7) is 1.96. The number of aromatic nitrogens is 1. The molecule has 1 N–H and O–H groups in total. The molecule has 0 saturated carbocycles. The number of thioether (sulfide) groups is 1. The predicted octanol–water partition coefficient (Wildman–Crippen LogP) is 3.38. The Hall–Kier alpha value is -1.33. The van der Waals surface area contributed by atoms with E-state index in [0.29, 0.717) is 12.2 Å². The number of aryl methyl sites for hydroxylation is 1. The van der Waals surface area contributed by atoms with Gasteiger partial charge in [0.1, 0.15) is 5.25 Å². The SMILES string of the molecule is Cc1nc(CSC(Cc2ccccc2)C(=O)O)cs1. The van der Waals surface area contributed by atoms with Crippen molar-refractivity contribution in [1.29, 1.82) is 0 Å². The fraction of sp³-hybridized carbons (Fsp3) is 0.286. The van der Waals surface area contributed by atoms with Gasteiger partial charge in [-0.2, -0.15) is 0 Å². The lowest BCUT2D eigenvalue weighted by Gasteiger charge is -2.11. The van der Waals surface area contributed by atoms with Crippen LogP contribution in [0.5, 0.6) is 0 Å². The molecule has 0 amide bonds. The Morgan fingerprint density at radius 3 is 2.74 bits per heavy atom. The van der Waals surface area contributed by atoms with Crippen molar-refractivity contribution in [2.24, 2.45) is 0 Å². The van der Waals surface area contributed by atoms with Gasteiger partial charge in [0, 0.05) is 11.1 Å². The molecule has 100 valence electrons. The molecule has 0 fully saturated rings. The van der Waals surface area contributed by atoms with Crippen molar-refractivity contribution < 1.29 is 9.90 Å². The molecule has 0 spiro atoms. The Balaban J connectivity index is 1.95. The summed E-state index contributed by atoms with van der Waals surface area (Å²) in [7, 11) is 0. The Morgan fingerprint density at radius 2 is 2.16 bits per heavy atom. The molecule has 0 saturated heterocycles. The van der Waals surface area contributed by atoms with E-state index in [1.807, 2.05) is 42.6 Å². The molecule has 1 aromatic carbocycles. The van der Waals surface area contributed by atoms with Gasteiger partial charge >= 0.3 is 5.97 Å². The van der Waals surface area contributed by atoms with E-state index >= 15 is 0 Å². The normalized spacial score (nSPS) is 12.3. The smallest absolute Gasteiger partial charge is 0.316 e. The van der Waals surface area contributed by atoms with E-state index in [2.05, 4.69) is 4.98 Å². The highest BCUT2D eigenvalue weighted by molar-refractivity contribution is 7.99. The Morgan fingerprint density at radius 1 is 1.42 bits per heavy atom. The van der Waals surface area contributed by atoms with E-state index in [1.165, 1.54) is 11.8 Å². The Bertz CT molecular complexity index is 539. The molecular formula is C14H15NO2S2. The number of thiazole rings is 1. The molecule has 1 aromatic heterocycles. The van der Waals surface area contributed by atoms with Gasteiger partial charge in [0.2, 0.25) is 0 Å². The predicted molar refractivity (Wildman–Crippen MR) is 79.7 cm³/mol. The monoisotopic (exact) mass is 293 g/mol. The fourth-order valence-electron chi connectivity index (χ4n) is 1.71. The lowest BCUT2D eigenvalue weighted by Crippen LogP contribution is -2.19. The van der Waals surface area contributed by atoms with Crippen LogP contribution >= 0.6 is 23.1 Å². The highest BCUT2D eigenvalue weighted by Crippen LogP contribution is 2.22. The first-order chi connectivity index (χ1) is 9.15. The minimum absolute atomic E-state index is 0.426. The number of nitrogens with zero attached hydrogens (tertiary/aromatic N) is 1. The van der Waals surface area contributed by atoms with Gasteiger partial charge in [0.05, 0.1) is 10.7 Å². The largest absolute Gasteiger partial charge is 0.480 e. The van der Waals surface area contributed by atoms with Crippen LogP contribution in [0, 0.1) is 6.92 Å². The zero-order valence-corrected chi connectivity index (χ0v) is 12.2. The lowest BCUT2D eigenvalue weighted by atomic mass is 10.1. The molecule has 1 heterocycles. The van der Waals surface area contributed by atoms with Crippen molar-refractivity contribution in [2.45, 2.75) is 24.3 Å². The van der Waals surface area contributed by atoms with Crippen LogP contribution in [0.4, 0.5) is 0 Å². The van der Waals surface area contributed by atoms with Crippen LogP contribution in [0.2, 0.25) is 0 Å². The number of hydrogen-bond acceptors (Lipinski definition) is 4. The second kappa shape index (κ2) is 6.73. The highest BCUT2D eigenvalue weighted by atomic mass is 32.2. The van der Waals surface area contributed by atoms with Gasteiger partial charge in [-0.1, -0.05) is 30.3 Å². The van der Waals surface area contributed by atoms with Crippen molar-refractivity contribution in [3.63, 3.8) is 0 Å². The van der Waals surface area contributed by atoms with Crippen molar-refractivity contribution in [2.75, 3.05) is 0 Å². The molecule has 3 nitrogen and oxygen atoms in total. The molecule has 2 rings (SSSR count). The van der Waals surface area contributed by atoms with E-state index in [1.54, 1.807) is 11.3 Å². The molecular weight excluding hydrogens is 278 g/mol. The zero-order valence-electron chi connectivity index (χ0n) is 10.6. The quantitative estimate of drug-likeness (QED) is 0.887. The number of carboxylic acid groups (broad SMARTS) is 1. The summed E-state index contributed by atoms with van der Waals surface area (Å²) in [5.41, 5.74) is 2.02. The molecule has 0 bridgehead atoms. The molecule has 0 aliphatic carbocycles. The minimum Gasteiger partial charge on any atom is -0.480 e. The summed E-state index contributed by atoms with van der Waals surface area (Å²) in [5.74, 6) is -0.116. The minimum atomic E-state index is -0.763. The Labute approximate surface area is 120 Å². The summed E-state index contributed by atoms with van der Waals surface area (Å²) >= 11 is 3.03. The maximum atomic E-state index is 11.3. The third-order valence-electron chi connectivity index (χ3n) is 2.64. The summed E-state index contributed by atoms with van der Waals surface area (Å²) < 4.78 is 0. The number of carboxylic acids is 1. The topological polar surface area (TPSA) is 50.2 Å². The lowest BCUT2D eigenvalue weighted by molar-refractivity contribution is -0.136. The molecule has 1 atom stereocenters. The van der Waals surface area contributed by atoms with Gasteiger partial charge in [-0.3, -0.25) is 4.79 Å². The third kappa shape index (κ3) is 4.36. The first-order valence-electron chi connectivity index (χ1n) is 5.94. The second-order valence-electron chi connectivity index (χ2n) is 4.19. The van der Waals surface area contributed by atoms with Crippen LogP contribution in [-0.4, -0.2) is 21.3 Å². The van der Waals surface area contributed by atoms with E-state index < -0.39 is 11.2 Å². The molecule has 0 aliphatic heterocycles. The van der Waals surface area contributed by atoms with Crippen LogP contribution in [0.1, 0.15) is 16.3 Å².